The molecule has 0 amide bonds. The second-order valence-corrected chi connectivity index (χ2v) is 7.80. The molecule has 2 aromatic rings. The number of hydrogen-bond acceptors (Lipinski definition) is 5. The molecule has 4 nitrogen and oxygen atoms in total. The highest BCUT2D eigenvalue weighted by Gasteiger charge is 2.17. The molecule has 6 heteroatoms. The highest BCUT2D eigenvalue weighted by atomic mass is 32.1. The second kappa shape index (κ2) is 10.4. The van der Waals surface area contributed by atoms with Crippen LogP contribution in [0.2, 0.25) is 0 Å². The van der Waals surface area contributed by atoms with Gasteiger partial charge in [-0.05, 0) is 32.4 Å². The van der Waals surface area contributed by atoms with E-state index in [1.807, 2.05) is 30.4 Å². The molecule has 1 N–H and O–H groups in total. The fourth-order valence-electron chi connectivity index (χ4n) is 2.47. The Morgan fingerprint density at radius 1 is 1.33 bits per heavy atom. The summed E-state index contributed by atoms with van der Waals surface area (Å²) >= 11 is 6.57. The monoisotopic (exact) mass is 400 g/mol. The van der Waals surface area contributed by atoms with Crippen molar-refractivity contribution in [1.82, 2.24) is 19.9 Å². The summed E-state index contributed by atoms with van der Waals surface area (Å²) in [5.74, 6) is 0. The summed E-state index contributed by atoms with van der Waals surface area (Å²) < 4.78 is 2.03. The molecule has 3 rings (SSSR count). The third-order valence-electron chi connectivity index (χ3n) is 4.19. The number of thiocarbonyl (C=S) groups is 1. The maximum Gasteiger partial charge on any atom is 0.142 e. The minimum absolute atomic E-state index is 0.634. The average molecular weight is 401 g/mol. The third kappa shape index (κ3) is 6.06. The van der Waals surface area contributed by atoms with Crippen LogP contribution in [-0.2, 0) is 7.05 Å². The molecule has 0 atom stereocenters. The Morgan fingerprint density at radius 2 is 2.07 bits per heavy atom. The molecule has 0 aliphatic heterocycles. The van der Waals surface area contributed by atoms with Crippen molar-refractivity contribution >= 4 is 34.5 Å². The molecule has 0 radical (unpaired) electrons. The van der Waals surface area contributed by atoms with Crippen molar-refractivity contribution in [1.29, 1.82) is 0 Å². The summed E-state index contributed by atoms with van der Waals surface area (Å²) in [6, 6.07) is 0.634. The Balaban J connectivity index is 0.000000465. The number of nitrogens with zero attached hydrogens (tertiary/aromatic N) is 3. The van der Waals surface area contributed by atoms with Gasteiger partial charge >= 0.3 is 0 Å². The number of hydrogen-bond donors (Lipinski definition) is 1. The van der Waals surface area contributed by atoms with Gasteiger partial charge in [0.1, 0.15) is 10.7 Å². The Hall–Kier alpha value is -1.89. The van der Waals surface area contributed by atoms with Crippen molar-refractivity contribution in [2.75, 3.05) is 7.05 Å². The van der Waals surface area contributed by atoms with E-state index in [9.17, 15) is 0 Å². The van der Waals surface area contributed by atoms with Gasteiger partial charge in [-0.2, -0.15) is 0 Å². The van der Waals surface area contributed by atoms with Crippen molar-refractivity contribution in [2.24, 2.45) is 7.05 Å². The lowest BCUT2D eigenvalue weighted by atomic mass is 10.0. The van der Waals surface area contributed by atoms with Gasteiger partial charge < -0.3 is 9.88 Å². The van der Waals surface area contributed by atoms with Gasteiger partial charge in [-0.1, -0.05) is 55.9 Å². The standard InChI is InChI=1S/C17H17N3S2.C4H11N/c1-12-5-3-7-13(8-4-6-12)15-16(20(2)11-18-15)17-19-14(9-21)10-22-17;1-4(2)5-3/h3,5-6,8-11H,4,7H2,1-2H3;4-5H,1-3H3/b5-3-,12-6?,13-8+;. The zero-order valence-electron chi connectivity index (χ0n) is 16.7. The van der Waals surface area contributed by atoms with E-state index in [0.29, 0.717) is 6.04 Å². The number of rotatable bonds is 4. The summed E-state index contributed by atoms with van der Waals surface area (Å²) in [5.41, 5.74) is 5.48. The molecule has 1 aliphatic carbocycles. The topological polar surface area (TPSA) is 42.7 Å². The van der Waals surface area contributed by atoms with Crippen LogP contribution in [0.25, 0.3) is 16.3 Å². The van der Waals surface area contributed by atoms with Crippen LogP contribution < -0.4 is 5.32 Å². The number of aromatic nitrogens is 3. The van der Waals surface area contributed by atoms with Crippen molar-refractivity contribution in [3.63, 3.8) is 0 Å². The highest BCUT2D eigenvalue weighted by molar-refractivity contribution is 7.79. The molecule has 1 aliphatic rings. The van der Waals surface area contributed by atoms with Gasteiger partial charge in [0, 0.05) is 23.8 Å². The fourth-order valence-corrected chi connectivity index (χ4v) is 3.54. The van der Waals surface area contributed by atoms with Gasteiger partial charge in [-0.25, -0.2) is 9.97 Å². The predicted molar refractivity (Wildman–Crippen MR) is 121 cm³/mol. The predicted octanol–water partition coefficient (Wildman–Crippen LogP) is 5.19. The fraction of sp³-hybridized carbons (Fsp3) is 0.381. The summed E-state index contributed by atoms with van der Waals surface area (Å²) in [6.45, 7) is 6.35. The Labute approximate surface area is 171 Å². The molecule has 0 saturated carbocycles. The molecule has 0 aromatic carbocycles. The quantitative estimate of drug-likeness (QED) is 0.718. The van der Waals surface area contributed by atoms with Gasteiger partial charge in [0.15, 0.2) is 0 Å². The van der Waals surface area contributed by atoms with Crippen molar-refractivity contribution in [2.45, 2.75) is 39.7 Å². The van der Waals surface area contributed by atoms with Gasteiger partial charge in [0.05, 0.1) is 17.7 Å². The zero-order chi connectivity index (χ0) is 19.8. The van der Waals surface area contributed by atoms with E-state index in [0.717, 1.165) is 34.9 Å². The van der Waals surface area contributed by atoms with Gasteiger partial charge in [0.25, 0.3) is 0 Å². The smallest absolute Gasteiger partial charge is 0.142 e. The maximum atomic E-state index is 4.97. The summed E-state index contributed by atoms with van der Waals surface area (Å²) in [4.78, 5) is 9.20. The van der Waals surface area contributed by atoms with Crippen molar-refractivity contribution in [3.05, 3.63) is 53.0 Å². The van der Waals surface area contributed by atoms with Gasteiger partial charge in [0.2, 0.25) is 0 Å². The van der Waals surface area contributed by atoms with Gasteiger partial charge in [-0.3, -0.25) is 0 Å². The summed E-state index contributed by atoms with van der Waals surface area (Å²) in [7, 11) is 3.96. The molecule has 0 saturated heterocycles. The van der Waals surface area contributed by atoms with Crippen LogP contribution in [0.4, 0.5) is 0 Å². The van der Waals surface area contributed by atoms with Crippen LogP contribution >= 0.6 is 23.6 Å². The van der Waals surface area contributed by atoms with E-state index >= 15 is 0 Å². The van der Waals surface area contributed by atoms with Crippen LogP contribution in [0.3, 0.4) is 0 Å². The van der Waals surface area contributed by atoms with E-state index in [1.165, 1.54) is 11.1 Å². The molecule has 0 unspecified atom stereocenters. The first-order valence-electron chi connectivity index (χ1n) is 9.08. The third-order valence-corrected chi connectivity index (χ3v) is 5.30. The lowest BCUT2D eigenvalue weighted by molar-refractivity contribution is 0.668. The average Bonchev–Trinajstić information content (AvgIpc) is 3.24. The lowest BCUT2D eigenvalue weighted by Crippen LogP contribution is -2.15. The minimum Gasteiger partial charge on any atom is -0.331 e. The van der Waals surface area contributed by atoms with Crippen molar-refractivity contribution in [3.8, 4) is 10.7 Å². The van der Waals surface area contributed by atoms with Crippen LogP contribution in [0.15, 0.2) is 41.6 Å². The maximum absolute atomic E-state index is 4.97. The number of nitrogens with one attached hydrogen (secondary N) is 1. The van der Waals surface area contributed by atoms with E-state index in [1.54, 1.807) is 16.7 Å². The van der Waals surface area contributed by atoms with Crippen LogP contribution in [0.1, 0.15) is 45.0 Å². The number of aryl methyl sites for hydroxylation is 1. The second-order valence-electron chi connectivity index (χ2n) is 6.71. The minimum atomic E-state index is 0.634. The number of thiazole rings is 1. The molecule has 0 bridgehead atoms. The van der Waals surface area contributed by atoms with E-state index in [2.05, 4.69) is 60.4 Å². The lowest BCUT2D eigenvalue weighted by Gasteiger charge is -2.08. The van der Waals surface area contributed by atoms with Crippen molar-refractivity contribution < 1.29 is 0 Å². The van der Waals surface area contributed by atoms with E-state index in [4.69, 9.17) is 12.2 Å². The SMILES string of the molecule is CC1=CC/C=C(/c2ncn(C)c2-c2nc(C=S)cs2)C/C=C\1.CNC(C)C. The summed E-state index contributed by atoms with van der Waals surface area (Å²) in [5, 5.41) is 7.59. The normalized spacial score (nSPS) is 17.1. The van der Waals surface area contributed by atoms with Gasteiger partial charge in [-0.15, -0.1) is 11.3 Å². The van der Waals surface area contributed by atoms with E-state index in [-0.39, 0.29) is 0 Å². The first kappa shape index (κ1) is 21.4. The molecular formula is C21H28N4S2. The Bertz CT molecular complexity index is 853. The molecule has 0 fully saturated rings. The molecular weight excluding hydrogens is 372 g/mol. The van der Waals surface area contributed by atoms with E-state index < -0.39 is 0 Å². The summed E-state index contributed by atoms with van der Waals surface area (Å²) in [6.07, 6.45) is 12.5. The first-order valence-corrected chi connectivity index (χ1v) is 10.4. The molecule has 2 aromatic heterocycles. The first-order chi connectivity index (χ1) is 13.0. The molecule has 0 spiro atoms. The van der Waals surface area contributed by atoms with Crippen LogP contribution in [0, 0.1) is 0 Å². The number of allylic oxidation sites excluding steroid dienone is 6. The zero-order valence-corrected chi connectivity index (χ0v) is 18.3. The highest BCUT2D eigenvalue weighted by Crippen LogP contribution is 2.32. The number of imidazole rings is 1. The Kier molecular flexibility index (Phi) is 8.28. The molecule has 27 heavy (non-hydrogen) atoms. The Morgan fingerprint density at radius 3 is 2.70 bits per heavy atom. The van der Waals surface area contributed by atoms with Crippen LogP contribution in [-0.4, -0.2) is 33.0 Å². The largest absolute Gasteiger partial charge is 0.331 e. The molecule has 2 heterocycles. The molecule has 144 valence electrons. The van der Waals surface area contributed by atoms with Crippen LogP contribution in [0.5, 0.6) is 0 Å².